The van der Waals surface area contributed by atoms with Crippen molar-refractivity contribution in [2.45, 2.75) is 26.8 Å². The molecule has 0 spiro atoms. The molecule has 0 aliphatic heterocycles. The highest BCUT2D eigenvalue weighted by Gasteiger charge is 2.10. The second-order valence-electron chi connectivity index (χ2n) is 3.38. The van der Waals surface area contributed by atoms with Crippen molar-refractivity contribution in [3.05, 3.63) is 18.0 Å². The molecule has 0 aliphatic carbocycles. The van der Waals surface area contributed by atoms with Crippen LogP contribution in [0.3, 0.4) is 0 Å². The van der Waals surface area contributed by atoms with Gasteiger partial charge in [-0.2, -0.15) is 0 Å². The van der Waals surface area contributed by atoms with Gasteiger partial charge in [-0.25, -0.2) is 0 Å². The number of aromatic nitrogens is 1. The van der Waals surface area contributed by atoms with E-state index in [-0.39, 0.29) is 5.91 Å². The number of nitrogens with one attached hydrogen (secondary N) is 1. The summed E-state index contributed by atoms with van der Waals surface area (Å²) in [6, 6.07) is 1.68. The van der Waals surface area contributed by atoms with Crippen molar-refractivity contribution in [1.29, 1.82) is 0 Å². The second-order valence-corrected chi connectivity index (χ2v) is 3.38. The van der Waals surface area contributed by atoms with Crippen molar-refractivity contribution in [3.8, 4) is 11.8 Å². The van der Waals surface area contributed by atoms with E-state index in [1.54, 1.807) is 19.2 Å². The highest BCUT2D eigenvalue weighted by atomic mass is 16.1. The summed E-state index contributed by atoms with van der Waals surface area (Å²) in [6.45, 7) is 5.05. The third-order valence-corrected chi connectivity index (χ3v) is 2.20. The standard InChI is InChI=1S/C12H17N3O/c1-3-5-6-7-14-12(16)11-8-10(13)9-15(11)4-2/h8-9H,4,6-7,13H2,1-2H3,(H,14,16). The van der Waals surface area contributed by atoms with E-state index in [2.05, 4.69) is 17.2 Å². The predicted molar refractivity (Wildman–Crippen MR) is 64.9 cm³/mol. The Hall–Kier alpha value is -1.89. The lowest BCUT2D eigenvalue weighted by Gasteiger charge is -2.05. The number of nitrogens with two attached hydrogens (primary N) is 1. The van der Waals surface area contributed by atoms with Crippen LogP contribution in [0.4, 0.5) is 5.69 Å². The van der Waals surface area contributed by atoms with Crippen LogP contribution in [0, 0.1) is 11.8 Å². The van der Waals surface area contributed by atoms with E-state index in [1.807, 2.05) is 11.5 Å². The summed E-state index contributed by atoms with van der Waals surface area (Å²) in [5, 5.41) is 2.80. The zero-order chi connectivity index (χ0) is 12.0. The van der Waals surface area contributed by atoms with Gasteiger partial charge < -0.3 is 15.6 Å². The molecule has 3 N–H and O–H groups in total. The Morgan fingerprint density at radius 2 is 2.38 bits per heavy atom. The number of carbonyl (C=O) groups is 1. The van der Waals surface area contributed by atoms with Crippen molar-refractivity contribution in [1.82, 2.24) is 9.88 Å². The van der Waals surface area contributed by atoms with Gasteiger partial charge >= 0.3 is 0 Å². The van der Waals surface area contributed by atoms with Crippen LogP contribution in [0.15, 0.2) is 12.3 Å². The molecule has 0 saturated heterocycles. The molecule has 0 fully saturated rings. The first-order chi connectivity index (χ1) is 7.69. The minimum atomic E-state index is -0.101. The number of aryl methyl sites for hydroxylation is 1. The monoisotopic (exact) mass is 219 g/mol. The molecule has 0 saturated carbocycles. The number of hydrogen-bond donors (Lipinski definition) is 2. The number of nitrogens with zero attached hydrogens (tertiary/aromatic N) is 1. The molecular formula is C12H17N3O. The summed E-state index contributed by atoms with van der Waals surface area (Å²) < 4.78 is 1.83. The maximum atomic E-state index is 11.8. The second kappa shape index (κ2) is 5.86. The molecule has 0 unspecified atom stereocenters. The Morgan fingerprint density at radius 3 is 3.00 bits per heavy atom. The number of amides is 1. The zero-order valence-corrected chi connectivity index (χ0v) is 9.71. The fraction of sp³-hybridized carbons (Fsp3) is 0.417. The molecule has 4 heteroatoms. The summed E-state index contributed by atoms with van der Waals surface area (Å²) in [4.78, 5) is 11.8. The number of carbonyl (C=O) groups excluding carboxylic acids is 1. The molecule has 1 rings (SSSR count). The molecule has 0 radical (unpaired) electrons. The van der Waals surface area contributed by atoms with Gasteiger partial charge in [0.1, 0.15) is 5.69 Å². The summed E-state index contributed by atoms with van der Waals surface area (Å²) in [7, 11) is 0. The normalized spacial score (nSPS) is 9.38. The van der Waals surface area contributed by atoms with Crippen LogP contribution >= 0.6 is 0 Å². The van der Waals surface area contributed by atoms with Gasteiger partial charge in [0.15, 0.2) is 0 Å². The lowest BCUT2D eigenvalue weighted by molar-refractivity contribution is 0.0945. The largest absolute Gasteiger partial charge is 0.397 e. The zero-order valence-electron chi connectivity index (χ0n) is 9.71. The van der Waals surface area contributed by atoms with Crippen LogP contribution in [0.25, 0.3) is 0 Å². The van der Waals surface area contributed by atoms with E-state index in [0.717, 1.165) is 6.54 Å². The molecule has 4 nitrogen and oxygen atoms in total. The molecule has 1 aromatic heterocycles. The van der Waals surface area contributed by atoms with Gasteiger partial charge in [0.05, 0.1) is 5.69 Å². The van der Waals surface area contributed by atoms with Crippen LogP contribution in [0.5, 0.6) is 0 Å². The van der Waals surface area contributed by atoms with Gasteiger partial charge in [0.25, 0.3) is 5.91 Å². The first kappa shape index (κ1) is 12.2. The first-order valence-corrected chi connectivity index (χ1v) is 5.32. The predicted octanol–water partition coefficient (Wildman–Crippen LogP) is 1.23. The molecular weight excluding hydrogens is 202 g/mol. The molecule has 0 aliphatic rings. The van der Waals surface area contributed by atoms with Crippen molar-refractivity contribution in [2.75, 3.05) is 12.3 Å². The molecule has 1 heterocycles. The molecule has 0 bridgehead atoms. The fourth-order valence-electron chi connectivity index (χ4n) is 1.44. The molecule has 0 atom stereocenters. The summed E-state index contributed by atoms with van der Waals surface area (Å²) in [6.07, 6.45) is 2.44. The summed E-state index contributed by atoms with van der Waals surface area (Å²) >= 11 is 0. The Balaban J connectivity index is 2.60. The minimum absolute atomic E-state index is 0.101. The number of anilines is 1. The Morgan fingerprint density at radius 1 is 1.62 bits per heavy atom. The van der Waals surface area contributed by atoms with E-state index in [1.165, 1.54) is 0 Å². The van der Waals surface area contributed by atoms with Crippen LogP contribution < -0.4 is 11.1 Å². The van der Waals surface area contributed by atoms with E-state index in [4.69, 9.17) is 5.73 Å². The number of rotatable bonds is 4. The SMILES string of the molecule is CC#CCCNC(=O)c1cc(N)cn1CC. The highest BCUT2D eigenvalue weighted by Crippen LogP contribution is 2.10. The summed E-state index contributed by atoms with van der Waals surface area (Å²) in [5.74, 6) is 5.57. The van der Waals surface area contributed by atoms with Gasteiger partial charge in [-0.15, -0.1) is 11.8 Å². The molecule has 86 valence electrons. The van der Waals surface area contributed by atoms with E-state index >= 15 is 0 Å². The first-order valence-electron chi connectivity index (χ1n) is 5.32. The molecule has 16 heavy (non-hydrogen) atoms. The third kappa shape index (κ3) is 3.06. The minimum Gasteiger partial charge on any atom is -0.397 e. The molecule has 1 aromatic rings. The van der Waals surface area contributed by atoms with Crippen molar-refractivity contribution in [2.24, 2.45) is 0 Å². The maximum Gasteiger partial charge on any atom is 0.268 e. The smallest absolute Gasteiger partial charge is 0.268 e. The van der Waals surface area contributed by atoms with Gasteiger partial charge in [0.2, 0.25) is 0 Å². The van der Waals surface area contributed by atoms with Gasteiger partial charge in [-0.1, -0.05) is 0 Å². The summed E-state index contributed by atoms with van der Waals surface area (Å²) in [5.41, 5.74) is 6.86. The van der Waals surface area contributed by atoms with Crippen LogP contribution in [0.1, 0.15) is 30.8 Å². The van der Waals surface area contributed by atoms with E-state index in [0.29, 0.717) is 24.3 Å². The van der Waals surface area contributed by atoms with Crippen molar-refractivity contribution in [3.63, 3.8) is 0 Å². The third-order valence-electron chi connectivity index (χ3n) is 2.20. The number of nitrogen functional groups attached to an aromatic ring is 1. The number of hydrogen-bond acceptors (Lipinski definition) is 2. The lowest BCUT2D eigenvalue weighted by Crippen LogP contribution is -2.26. The Labute approximate surface area is 95.8 Å². The average molecular weight is 219 g/mol. The quantitative estimate of drug-likeness (QED) is 0.591. The molecule has 1 amide bonds. The van der Waals surface area contributed by atoms with Crippen molar-refractivity contribution < 1.29 is 4.79 Å². The van der Waals surface area contributed by atoms with Crippen LogP contribution in [-0.2, 0) is 6.54 Å². The van der Waals surface area contributed by atoms with Gasteiger partial charge in [0, 0.05) is 25.7 Å². The molecule has 0 aromatic carbocycles. The van der Waals surface area contributed by atoms with Crippen molar-refractivity contribution >= 4 is 11.6 Å². The van der Waals surface area contributed by atoms with Crippen LogP contribution in [-0.4, -0.2) is 17.0 Å². The topological polar surface area (TPSA) is 60.1 Å². The highest BCUT2D eigenvalue weighted by molar-refractivity contribution is 5.93. The van der Waals surface area contributed by atoms with E-state index < -0.39 is 0 Å². The van der Waals surface area contributed by atoms with E-state index in [9.17, 15) is 4.79 Å². The van der Waals surface area contributed by atoms with Gasteiger partial charge in [-0.05, 0) is 19.9 Å². The maximum absolute atomic E-state index is 11.8. The average Bonchev–Trinajstić information content (AvgIpc) is 2.65. The Kier molecular flexibility index (Phi) is 4.46. The van der Waals surface area contributed by atoms with Crippen LogP contribution in [0.2, 0.25) is 0 Å². The fourth-order valence-corrected chi connectivity index (χ4v) is 1.44. The Bertz CT molecular complexity index is 423. The lowest BCUT2D eigenvalue weighted by atomic mass is 10.3. The van der Waals surface area contributed by atoms with Gasteiger partial charge in [-0.3, -0.25) is 4.79 Å².